The number of hydrogen-bond donors (Lipinski definition) is 2. The summed E-state index contributed by atoms with van der Waals surface area (Å²) in [4.78, 5) is 4.22. The topological polar surface area (TPSA) is 54.2 Å². The summed E-state index contributed by atoms with van der Waals surface area (Å²) < 4.78 is 3.02. The molecule has 0 amide bonds. The zero-order chi connectivity index (χ0) is 14.9. The first-order chi connectivity index (χ1) is 10.3. The first-order valence-electron chi connectivity index (χ1n) is 6.94. The summed E-state index contributed by atoms with van der Waals surface area (Å²) in [5.74, 6) is 0.815. The van der Waals surface area contributed by atoms with Crippen molar-refractivity contribution in [1.29, 1.82) is 0 Å². The second-order valence-corrected chi connectivity index (χ2v) is 5.52. The fourth-order valence-corrected chi connectivity index (χ4v) is 2.38. The second-order valence-electron chi connectivity index (χ2n) is 4.61. The average molecular weight is 350 g/mol. The van der Waals surface area contributed by atoms with Gasteiger partial charge < -0.3 is 10.6 Å². The Balaban J connectivity index is 1.68. The van der Waals surface area contributed by atoms with Gasteiger partial charge in [-0.1, -0.05) is 28.1 Å². The van der Waals surface area contributed by atoms with Crippen molar-refractivity contribution in [1.82, 2.24) is 20.4 Å². The van der Waals surface area contributed by atoms with Gasteiger partial charge in [0.2, 0.25) is 0 Å². The van der Waals surface area contributed by atoms with Crippen LogP contribution in [-0.4, -0.2) is 29.3 Å². The summed E-state index contributed by atoms with van der Waals surface area (Å²) in [6, 6.07) is 10.2. The largest absolute Gasteiger partial charge is 0.356 e. The van der Waals surface area contributed by atoms with Gasteiger partial charge in [0.15, 0.2) is 5.96 Å². The molecule has 0 bridgehead atoms. The first kappa shape index (κ1) is 15.6. The Morgan fingerprint density at radius 3 is 2.95 bits per heavy atom. The van der Waals surface area contributed by atoms with Gasteiger partial charge in [-0.15, -0.1) is 0 Å². The van der Waals surface area contributed by atoms with Crippen molar-refractivity contribution in [3.63, 3.8) is 0 Å². The Morgan fingerprint density at radius 1 is 1.33 bits per heavy atom. The number of aromatic nitrogens is 2. The average Bonchev–Trinajstić information content (AvgIpc) is 3.00. The number of nitrogens with zero attached hydrogens (tertiary/aromatic N) is 3. The molecule has 2 rings (SSSR count). The molecule has 112 valence electrons. The maximum atomic E-state index is 4.22. The Morgan fingerprint density at radius 2 is 2.24 bits per heavy atom. The van der Waals surface area contributed by atoms with E-state index in [0.717, 1.165) is 36.5 Å². The number of benzene rings is 1. The van der Waals surface area contributed by atoms with Gasteiger partial charge in [-0.2, -0.15) is 5.10 Å². The van der Waals surface area contributed by atoms with Crippen LogP contribution in [0.4, 0.5) is 0 Å². The SMILES string of the molecule is CN=C(NCCCn1cccn1)NCc1cccc(Br)c1. The molecule has 2 aromatic rings. The third-order valence-corrected chi connectivity index (χ3v) is 3.48. The van der Waals surface area contributed by atoms with Gasteiger partial charge in [-0.25, -0.2) is 0 Å². The molecule has 6 heteroatoms. The summed E-state index contributed by atoms with van der Waals surface area (Å²) >= 11 is 3.47. The van der Waals surface area contributed by atoms with E-state index in [2.05, 4.69) is 48.8 Å². The van der Waals surface area contributed by atoms with E-state index in [9.17, 15) is 0 Å². The quantitative estimate of drug-likeness (QED) is 0.478. The molecule has 0 aliphatic rings. The van der Waals surface area contributed by atoms with Gasteiger partial charge in [0.25, 0.3) is 0 Å². The second kappa shape index (κ2) is 8.46. The molecule has 1 aromatic carbocycles. The van der Waals surface area contributed by atoms with Crippen LogP contribution in [0.3, 0.4) is 0 Å². The maximum absolute atomic E-state index is 4.22. The van der Waals surface area contributed by atoms with E-state index >= 15 is 0 Å². The molecule has 1 aromatic heterocycles. The van der Waals surface area contributed by atoms with Crippen LogP contribution in [0.1, 0.15) is 12.0 Å². The summed E-state index contributed by atoms with van der Waals surface area (Å²) in [5.41, 5.74) is 1.21. The van der Waals surface area contributed by atoms with E-state index in [4.69, 9.17) is 0 Å². The van der Waals surface area contributed by atoms with E-state index in [-0.39, 0.29) is 0 Å². The molecule has 0 radical (unpaired) electrons. The first-order valence-corrected chi connectivity index (χ1v) is 7.73. The lowest BCUT2D eigenvalue weighted by molar-refractivity contribution is 0.570. The minimum Gasteiger partial charge on any atom is -0.356 e. The highest BCUT2D eigenvalue weighted by Gasteiger charge is 1.99. The predicted octanol–water partition coefficient (Wildman–Crippen LogP) is 2.40. The Bertz CT molecular complexity index is 565. The molecule has 0 saturated heterocycles. The van der Waals surface area contributed by atoms with E-state index in [1.807, 2.05) is 29.1 Å². The van der Waals surface area contributed by atoms with Gasteiger partial charge in [-0.05, 0) is 30.2 Å². The molecule has 0 spiro atoms. The molecule has 0 atom stereocenters. The van der Waals surface area contributed by atoms with E-state index in [0.29, 0.717) is 0 Å². The Labute approximate surface area is 133 Å². The molecule has 1 heterocycles. The molecule has 0 unspecified atom stereocenters. The van der Waals surface area contributed by atoms with Crippen LogP contribution in [-0.2, 0) is 13.1 Å². The zero-order valence-electron chi connectivity index (χ0n) is 12.1. The van der Waals surface area contributed by atoms with E-state index in [1.54, 1.807) is 13.2 Å². The zero-order valence-corrected chi connectivity index (χ0v) is 13.7. The smallest absolute Gasteiger partial charge is 0.191 e. The highest BCUT2D eigenvalue weighted by molar-refractivity contribution is 9.10. The molecular weight excluding hydrogens is 330 g/mol. The lowest BCUT2D eigenvalue weighted by atomic mass is 10.2. The molecule has 0 fully saturated rings. The highest BCUT2D eigenvalue weighted by atomic mass is 79.9. The summed E-state index contributed by atoms with van der Waals surface area (Å²) in [7, 11) is 1.78. The van der Waals surface area contributed by atoms with Crippen LogP contribution in [0.25, 0.3) is 0 Å². The van der Waals surface area contributed by atoms with Crippen LogP contribution >= 0.6 is 15.9 Å². The number of nitrogens with one attached hydrogen (secondary N) is 2. The summed E-state index contributed by atoms with van der Waals surface area (Å²) in [6.07, 6.45) is 4.77. The fourth-order valence-electron chi connectivity index (χ4n) is 1.93. The van der Waals surface area contributed by atoms with Crippen LogP contribution in [0.5, 0.6) is 0 Å². The number of aryl methyl sites for hydroxylation is 1. The number of guanidine groups is 1. The number of aliphatic imine (C=N–C) groups is 1. The molecule has 0 saturated carbocycles. The molecule has 0 aliphatic heterocycles. The molecule has 21 heavy (non-hydrogen) atoms. The summed E-state index contributed by atoms with van der Waals surface area (Å²) in [6.45, 7) is 2.51. The summed E-state index contributed by atoms with van der Waals surface area (Å²) in [5, 5.41) is 10.8. The van der Waals surface area contributed by atoms with Crippen molar-refractivity contribution in [2.75, 3.05) is 13.6 Å². The lowest BCUT2D eigenvalue weighted by Crippen LogP contribution is -2.37. The van der Waals surface area contributed by atoms with E-state index in [1.165, 1.54) is 5.56 Å². The third kappa shape index (κ3) is 5.59. The molecular formula is C15H20BrN5. The minimum absolute atomic E-state index is 0.748. The molecule has 2 N–H and O–H groups in total. The van der Waals surface area contributed by atoms with Crippen molar-refractivity contribution in [2.45, 2.75) is 19.5 Å². The van der Waals surface area contributed by atoms with Gasteiger partial charge in [-0.3, -0.25) is 9.67 Å². The van der Waals surface area contributed by atoms with Crippen LogP contribution < -0.4 is 10.6 Å². The Kier molecular flexibility index (Phi) is 6.27. The molecule has 5 nitrogen and oxygen atoms in total. The standard InChI is InChI=1S/C15H20BrN5/c1-17-15(18-7-3-9-21-10-4-8-20-21)19-12-13-5-2-6-14(16)11-13/h2,4-6,8,10-11H,3,7,9,12H2,1H3,(H2,17,18,19). The fraction of sp³-hybridized carbons (Fsp3) is 0.333. The van der Waals surface area contributed by atoms with E-state index < -0.39 is 0 Å². The predicted molar refractivity (Wildman–Crippen MR) is 89.2 cm³/mol. The Hall–Kier alpha value is -1.82. The lowest BCUT2D eigenvalue weighted by Gasteiger charge is -2.12. The van der Waals surface area contributed by atoms with Gasteiger partial charge in [0, 0.05) is 43.5 Å². The van der Waals surface area contributed by atoms with Crippen molar-refractivity contribution in [3.05, 3.63) is 52.8 Å². The van der Waals surface area contributed by atoms with Gasteiger partial charge in [0.05, 0.1) is 0 Å². The van der Waals surface area contributed by atoms with Crippen LogP contribution in [0.2, 0.25) is 0 Å². The normalized spacial score (nSPS) is 11.4. The minimum atomic E-state index is 0.748. The van der Waals surface area contributed by atoms with Crippen LogP contribution in [0, 0.1) is 0 Å². The number of rotatable bonds is 6. The van der Waals surface area contributed by atoms with Gasteiger partial charge >= 0.3 is 0 Å². The number of hydrogen-bond acceptors (Lipinski definition) is 2. The van der Waals surface area contributed by atoms with Crippen molar-refractivity contribution in [2.24, 2.45) is 4.99 Å². The monoisotopic (exact) mass is 349 g/mol. The highest BCUT2D eigenvalue weighted by Crippen LogP contribution is 2.11. The number of halogens is 1. The van der Waals surface area contributed by atoms with Crippen LogP contribution in [0.15, 0.2) is 52.2 Å². The third-order valence-electron chi connectivity index (χ3n) is 2.99. The molecule has 0 aliphatic carbocycles. The van der Waals surface area contributed by atoms with Crippen molar-refractivity contribution >= 4 is 21.9 Å². The maximum Gasteiger partial charge on any atom is 0.191 e. The van der Waals surface area contributed by atoms with Crippen molar-refractivity contribution < 1.29 is 0 Å². The van der Waals surface area contributed by atoms with Gasteiger partial charge in [0.1, 0.15) is 0 Å². The van der Waals surface area contributed by atoms with Crippen molar-refractivity contribution in [3.8, 4) is 0 Å².